The van der Waals surface area contributed by atoms with Crippen LogP contribution in [0, 0.1) is 5.92 Å². The summed E-state index contributed by atoms with van der Waals surface area (Å²) in [6, 6.07) is 5.24. The zero-order chi connectivity index (χ0) is 18.1. The summed E-state index contributed by atoms with van der Waals surface area (Å²) in [6.45, 7) is 8.65. The third-order valence-corrected chi connectivity index (χ3v) is 3.62. The van der Waals surface area contributed by atoms with Crippen LogP contribution in [0.15, 0.2) is 18.2 Å². The third kappa shape index (κ3) is 5.76. The van der Waals surface area contributed by atoms with Gasteiger partial charge in [-0.25, -0.2) is 0 Å². The summed E-state index contributed by atoms with van der Waals surface area (Å²) in [4.78, 5) is 25.6. The minimum Gasteiger partial charge on any atom is -0.490 e. The first-order chi connectivity index (χ1) is 11.4. The lowest BCUT2D eigenvalue weighted by Gasteiger charge is -2.20. The molecule has 0 aromatic heterocycles. The van der Waals surface area contributed by atoms with Gasteiger partial charge < -0.3 is 19.7 Å². The molecule has 134 valence electrons. The molecule has 1 aromatic rings. The maximum Gasteiger partial charge on any atom is 0.243 e. The van der Waals surface area contributed by atoms with Crippen molar-refractivity contribution in [2.45, 2.75) is 34.1 Å². The maximum absolute atomic E-state index is 12.1. The molecule has 0 fully saturated rings. The van der Waals surface area contributed by atoms with Crippen LogP contribution in [0.3, 0.4) is 0 Å². The van der Waals surface area contributed by atoms with Crippen LogP contribution < -0.4 is 14.8 Å². The zero-order valence-corrected chi connectivity index (χ0v) is 15.2. The van der Waals surface area contributed by atoms with Crippen LogP contribution in [-0.4, -0.2) is 43.5 Å². The number of ether oxygens (including phenoxy) is 2. The van der Waals surface area contributed by atoms with Gasteiger partial charge in [0.05, 0.1) is 19.8 Å². The van der Waals surface area contributed by atoms with E-state index >= 15 is 0 Å². The van der Waals surface area contributed by atoms with E-state index in [0.29, 0.717) is 30.4 Å². The number of hydrogen-bond donors (Lipinski definition) is 1. The van der Waals surface area contributed by atoms with E-state index in [9.17, 15) is 9.59 Å². The molecule has 0 aliphatic heterocycles. The molecule has 0 heterocycles. The smallest absolute Gasteiger partial charge is 0.243 e. The largest absolute Gasteiger partial charge is 0.490 e. The molecule has 0 aliphatic carbocycles. The molecule has 6 nitrogen and oxygen atoms in total. The Labute approximate surface area is 144 Å². The van der Waals surface area contributed by atoms with Gasteiger partial charge in [0.1, 0.15) is 0 Å². The van der Waals surface area contributed by atoms with Crippen molar-refractivity contribution in [3.8, 4) is 11.5 Å². The first-order valence-corrected chi connectivity index (χ1v) is 8.37. The minimum absolute atomic E-state index is 0.0142. The Hall–Kier alpha value is -2.24. The van der Waals surface area contributed by atoms with E-state index in [-0.39, 0.29) is 24.3 Å². The topological polar surface area (TPSA) is 67.9 Å². The molecule has 1 aromatic carbocycles. The highest BCUT2D eigenvalue weighted by Gasteiger charge is 2.18. The van der Waals surface area contributed by atoms with Crippen molar-refractivity contribution >= 4 is 17.5 Å². The predicted octanol–water partition coefficient (Wildman–Crippen LogP) is 2.93. The molecule has 0 spiro atoms. The van der Waals surface area contributed by atoms with Crippen molar-refractivity contribution < 1.29 is 19.1 Å². The van der Waals surface area contributed by atoms with Crippen LogP contribution in [-0.2, 0) is 9.59 Å². The number of carbonyl (C=O) groups excluding carboxylic acids is 2. The zero-order valence-electron chi connectivity index (χ0n) is 15.2. The number of anilines is 1. The van der Waals surface area contributed by atoms with Crippen molar-refractivity contribution in [2.75, 3.05) is 32.1 Å². The fourth-order valence-corrected chi connectivity index (χ4v) is 2.17. The van der Waals surface area contributed by atoms with Crippen LogP contribution in [0.5, 0.6) is 11.5 Å². The van der Waals surface area contributed by atoms with Crippen molar-refractivity contribution in [3.63, 3.8) is 0 Å². The highest BCUT2D eigenvalue weighted by atomic mass is 16.5. The SMILES string of the molecule is CCOc1ccc(NC(=O)CN(C)C(=O)C(C)CC)cc1OCC. The molecule has 0 saturated carbocycles. The van der Waals surface area contributed by atoms with Gasteiger partial charge in [0.15, 0.2) is 11.5 Å². The molecule has 0 saturated heterocycles. The summed E-state index contributed by atoms with van der Waals surface area (Å²) < 4.78 is 11.0. The predicted molar refractivity (Wildman–Crippen MR) is 94.5 cm³/mol. The number of amides is 2. The maximum atomic E-state index is 12.1. The van der Waals surface area contributed by atoms with E-state index in [1.807, 2.05) is 27.7 Å². The van der Waals surface area contributed by atoms with Gasteiger partial charge in [0.25, 0.3) is 0 Å². The second-order valence-electron chi connectivity index (χ2n) is 5.58. The van der Waals surface area contributed by atoms with Crippen molar-refractivity contribution in [3.05, 3.63) is 18.2 Å². The first-order valence-electron chi connectivity index (χ1n) is 8.37. The van der Waals surface area contributed by atoms with E-state index in [0.717, 1.165) is 6.42 Å². The van der Waals surface area contributed by atoms with Gasteiger partial charge in [-0.2, -0.15) is 0 Å². The molecule has 1 atom stereocenters. The average molecular weight is 336 g/mol. The van der Waals surface area contributed by atoms with Crippen molar-refractivity contribution in [1.29, 1.82) is 0 Å². The van der Waals surface area contributed by atoms with Gasteiger partial charge >= 0.3 is 0 Å². The Morgan fingerprint density at radius 3 is 2.33 bits per heavy atom. The summed E-state index contributed by atoms with van der Waals surface area (Å²) in [5.74, 6) is 0.857. The molecule has 0 bridgehead atoms. The lowest BCUT2D eigenvalue weighted by atomic mass is 10.1. The molecular formula is C18H28N2O4. The number of carbonyl (C=O) groups is 2. The van der Waals surface area contributed by atoms with Crippen LogP contribution in [0.2, 0.25) is 0 Å². The molecule has 0 radical (unpaired) electrons. The van der Waals surface area contributed by atoms with Crippen LogP contribution >= 0.6 is 0 Å². The third-order valence-electron chi connectivity index (χ3n) is 3.62. The van der Waals surface area contributed by atoms with Gasteiger partial charge in [-0.3, -0.25) is 9.59 Å². The van der Waals surface area contributed by atoms with E-state index in [1.54, 1.807) is 25.2 Å². The molecule has 24 heavy (non-hydrogen) atoms. The monoisotopic (exact) mass is 336 g/mol. The molecule has 1 N–H and O–H groups in total. The highest BCUT2D eigenvalue weighted by molar-refractivity contribution is 5.95. The lowest BCUT2D eigenvalue weighted by molar-refractivity contribution is -0.136. The van der Waals surface area contributed by atoms with Gasteiger partial charge in [-0.15, -0.1) is 0 Å². The summed E-state index contributed by atoms with van der Waals surface area (Å²) in [6.07, 6.45) is 0.751. The van der Waals surface area contributed by atoms with E-state index in [1.165, 1.54) is 4.90 Å². The molecule has 1 unspecified atom stereocenters. The molecular weight excluding hydrogens is 308 g/mol. The van der Waals surface area contributed by atoms with Crippen LogP contribution in [0.1, 0.15) is 34.1 Å². The lowest BCUT2D eigenvalue weighted by Crippen LogP contribution is -2.37. The molecule has 6 heteroatoms. The second kappa shape index (κ2) is 9.80. The normalized spacial score (nSPS) is 11.5. The van der Waals surface area contributed by atoms with Crippen molar-refractivity contribution in [2.24, 2.45) is 5.92 Å². The Balaban J connectivity index is 2.72. The minimum atomic E-state index is -0.249. The Bertz CT molecular complexity index is 560. The number of benzene rings is 1. The number of rotatable bonds is 9. The Kier molecular flexibility index (Phi) is 8.09. The van der Waals surface area contributed by atoms with Crippen molar-refractivity contribution in [1.82, 2.24) is 4.90 Å². The molecule has 1 rings (SSSR count). The number of likely N-dealkylation sites (N-methyl/N-ethyl adjacent to an activating group) is 1. The van der Waals surface area contributed by atoms with Gasteiger partial charge in [0.2, 0.25) is 11.8 Å². The fraction of sp³-hybridized carbons (Fsp3) is 0.556. The van der Waals surface area contributed by atoms with Gasteiger partial charge in [-0.1, -0.05) is 13.8 Å². The highest BCUT2D eigenvalue weighted by Crippen LogP contribution is 2.30. The summed E-state index contributed by atoms with van der Waals surface area (Å²) in [5.41, 5.74) is 0.608. The molecule has 2 amide bonds. The quantitative estimate of drug-likeness (QED) is 0.753. The second-order valence-corrected chi connectivity index (χ2v) is 5.58. The Morgan fingerprint density at radius 1 is 1.12 bits per heavy atom. The average Bonchev–Trinajstić information content (AvgIpc) is 2.56. The first kappa shape index (κ1) is 19.8. The summed E-state index contributed by atoms with van der Waals surface area (Å²) in [5, 5.41) is 2.78. The van der Waals surface area contributed by atoms with Crippen LogP contribution in [0.4, 0.5) is 5.69 Å². The number of nitrogens with one attached hydrogen (secondary N) is 1. The summed E-state index contributed by atoms with van der Waals surface area (Å²) >= 11 is 0. The Morgan fingerprint density at radius 2 is 1.75 bits per heavy atom. The van der Waals surface area contributed by atoms with Gasteiger partial charge in [0, 0.05) is 24.7 Å². The van der Waals surface area contributed by atoms with E-state index in [2.05, 4.69) is 5.32 Å². The fourth-order valence-electron chi connectivity index (χ4n) is 2.17. The summed E-state index contributed by atoms with van der Waals surface area (Å²) in [7, 11) is 1.64. The van der Waals surface area contributed by atoms with E-state index < -0.39 is 0 Å². The molecule has 0 aliphatic rings. The van der Waals surface area contributed by atoms with Crippen LogP contribution in [0.25, 0.3) is 0 Å². The number of hydrogen-bond acceptors (Lipinski definition) is 4. The van der Waals surface area contributed by atoms with Gasteiger partial charge in [-0.05, 0) is 32.4 Å². The standard InChI is InChI=1S/C18H28N2O4/c1-6-13(4)18(22)20(5)12-17(21)19-14-9-10-15(23-7-2)16(11-14)24-8-3/h9-11,13H,6-8,12H2,1-5H3,(H,19,21). The van der Waals surface area contributed by atoms with E-state index in [4.69, 9.17) is 9.47 Å². The number of nitrogens with zero attached hydrogens (tertiary/aromatic N) is 1.